The van der Waals surface area contributed by atoms with Crippen LogP contribution in [0, 0.1) is 0 Å². The van der Waals surface area contributed by atoms with Gasteiger partial charge in [0.25, 0.3) is 0 Å². The lowest BCUT2D eigenvalue weighted by molar-refractivity contribution is 0.919. The zero-order valence-electron chi connectivity index (χ0n) is 10.9. The molecule has 2 heterocycles. The highest BCUT2D eigenvalue weighted by molar-refractivity contribution is 7.99. The van der Waals surface area contributed by atoms with Crippen LogP contribution in [0.1, 0.15) is 5.56 Å². The number of benzene rings is 1. The molecule has 0 unspecified atom stereocenters. The molecule has 1 aromatic carbocycles. The molecule has 2 aromatic heterocycles. The Labute approximate surface area is 121 Å². The minimum Gasteiger partial charge on any atom is -0.330 e. The monoisotopic (exact) mass is 282 g/mol. The summed E-state index contributed by atoms with van der Waals surface area (Å²) in [4.78, 5) is 13.1. The fourth-order valence-electron chi connectivity index (χ4n) is 2.00. The molecule has 100 valence electrons. The molecular formula is C15H14N4S. The second kappa shape index (κ2) is 5.98. The van der Waals surface area contributed by atoms with Crippen molar-refractivity contribution in [2.75, 3.05) is 6.54 Å². The SMILES string of the molecule is NCCc1cc2ccccc2nc1Sc1cnccn1. The average molecular weight is 282 g/mol. The summed E-state index contributed by atoms with van der Waals surface area (Å²) in [5.41, 5.74) is 7.84. The molecule has 0 saturated heterocycles. The molecule has 4 nitrogen and oxygen atoms in total. The van der Waals surface area contributed by atoms with Crippen molar-refractivity contribution in [3.63, 3.8) is 0 Å². The lowest BCUT2D eigenvalue weighted by Crippen LogP contribution is -2.05. The van der Waals surface area contributed by atoms with Crippen molar-refractivity contribution in [1.29, 1.82) is 0 Å². The highest BCUT2D eigenvalue weighted by Gasteiger charge is 2.09. The summed E-state index contributed by atoms with van der Waals surface area (Å²) in [6.07, 6.45) is 5.90. The lowest BCUT2D eigenvalue weighted by Gasteiger charge is -2.09. The van der Waals surface area contributed by atoms with Gasteiger partial charge in [-0.3, -0.25) is 4.98 Å². The molecule has 3 rings (SSSR count). The van der Waals surface area contributed by atoms with E-state index >= 15 is 0 Å². The van der Waals surface area contributed by atoms with Crippen LogP contribution in [0.15, 0.2) is 59.0 Å². The average Bonchev–Trinajstić information content (AvgIpc) is 2.49. The molecule has 0 bridgehead atoms. The third kappa shape index (κ3) is 2.79. The minimum atomic E-state index is 0.605. The van der Waals surface area contributed by atoms with Crippen molar-refractivity contribution in [3.8, 4) is 0 Å². The normalized spacial score (nSPS) is 10.8. The van der Waals surface area contributed by atoms with Crippen molar-refractivity contribution in [2.45, 2.75) is 16.5 Å². The van der Waals surface area contributed by atoms with Gasteiger partial charge in [-0.25, -0.2) is 9.97 Å². The third-order valence-electron chi connectivity index (χ3n) is 2.92. The first-order valence-electron chi connectivity index (χ1n) is 6.39. The zero-order valence-corrected chi connectivity index (χ0v) is 11.7. The van der Waals surface area contributed by atoms with E-state index in [0.29, 0.717) is 6.54 Å². The number of fused-ring (bicyclic) bond motifs is 1. The first kappa shape index (κ1) is 13.0. The standard InChI is InChI=1S/C15H14N4S/c16-6-5-12-9-11-3-1-2-4-13(11)19-15(12)20-14-10-17-7-8-18-14/h1-4,7-10H,5-6,16H2. The van der Waals surface area contributed by atoms with E-state index in [9.17, 15) is 0 Å². The number of pyridine rings is 1. The number of aromatic nitrogens is 3. The minimum absolute atomic E-state index is 0.605. The summed E-state index contributed by atoms with van der Waals surface area (Å²) in [5.74, 6) is 0. The molecule has 20 heavy (non-hydrogen) atoms. The fraction of sp³-hybridized carbons (Fsp3) is 0.133. The van der Waals surface area contributed by atoms with E-state index in [4.69, 9.17) is 10.7 Å². The smallest absolute Gasteiger partial charge is 0.121 e. The van der Waals surface area contributed by atoms with Crippen molar-refractivity contribution in [1.82, 2.24) is 15.0 Å². The van der Waals surface area contributed by atoms with Gasteiger partial charge in [0.2, 0.25) is 0 Å². The van der Waals surface area contributed by atoms with Gasteiger partial charge < -0.3 is 5.73 Å². The van der Waals surface area contributed by atoms with Crippen LogP contribution < -0.4 is 5.73 Å². The van der Waals surface area contributed by atoms with E-state index in [1.54, 1.807) is 18.6 Å². The van der Waals surface area contributed by atoms with Crippen LogP contribution in [0.25, 0.3) is 10.9 Å². The van der Waals surface area contributed by atoms with E-state index < -0.39 is 0 Å². The fourth-order valence-corrected chi connectivity index (χ4v) is 2.86. The molecule has 5 heteroatoms. The Morgan fingerprint density at radius 1 is 1.15 bits per heavy atom. The van der Waals surface area contributed by atoms with Gasteiger partial charge in [0.15, 0.2) is 0 Å². The Bertz CT molecular complexity index is 715. The summed E-state index contributed by atoms with van der Waals surface area (Å²) in [6.45, 7) is 0.605. The number of para-hydroxylation sites is 1. The van der Waals surface area contributed by atoms with Gasteiger partial charge in [0, 0.05) is 17.8 Å². The predicted octanol–water partition coefficient (Wildman–Crippen LogP) is 2.68. The van der Waals surface area contributed by atoms with Crippen LogP contribution >= 0.6 is 11.8 Å². The third-order valence-corrected chi connectivity index (χ3v) is 3.88. The Balaban J connectivity index is 2.05. The summed E-state index contributed by atoms with van der Waals surface area (Å²) in [5, 5.41) is 2.93. The first-order chi connectivity index (χ1) is 9.86. The second-order valence-electron chi connectivity index (χ2n) is 4.33. The van der Waals surface area contributed by atoms with Crippen molar-refractivity contribution in [2.24, 2.45) is 5.73 Å². The molecule has 2 N–H and O–H groups in total. The van der Waals surface area contributed by atoms with Crippen molar-refractivity contribution < 1.29 is 0 Å². The molecule has 0 atom stereocenters. The lowest BCUT2D eigenvalue weighted by atomic mass is 10.1. The van der Waals surface area contributed by atoms with Crippen LogP contribution in [0.2, 0.25) is 0 Å². The molecule has 0 saturated carbocycles. The van der Waals surface area contributed by atoms with Crippen LogP contribution in [-0.2, 0) is 6.42 Å². The molecule has 0 aliphatic heterocycles. The number of nitrogens with zero attached hydrogens (tertiary/aromatic N) is 3. The molecule has 0 spiro atoms. The maximum absolute atomic E-state index is 5.70. The predicted molar refractivity (Wildman–Crippen MR) is 80.7 cm³/mol. The first-order valence-corrected chi connectivity index (χ1v) is 7.21. The van der Waals surface area contributed by atoms with E-state index in [-0.39, 0.29) is 0 Å². The molecular weight excluding hydrogens is 268 g/mol. The van der Waals surface area contributed by atoms with E-state index in [1.165, 1.54) is 11.8 Å². The molecule has 0 fully saturated rings. The van der Waals surface area contributed by atoms with Gasteiger partial charge in [0.05, 0.1) is 11.7 Å². The van der Waals surface area contributed by atoms with Gasteiger partial charge in [-0.2, -0.15) is 0 Å². The largest absolute Gasteiger partial charge is 0.330 e. The molecule has 3 aromatic rings. The summed E-state index contributed by atoms with van der Waals surface area (Å²) in [7, 11) is 0. The van der Waals surface area contributed by atoms with Crippen LogP contribution in [0.4, 0.5) is 0 Å². The van der Waals surface area contributed by atoms with Crippen LogP contribution in [-0.4, -0.2) is 21.5 Å². The van der Waals surface area contributed by atoms with E-state index in [0.717, 1.165) is 32.9 Å². The maximum atomic E-state index is 5.70. The van der Waals surface area contributed by atoms with Crippen LogP contribution in [0.3, 0.4) is 0 Å². The van der Waals surface area contributed by atoms with Gasteiger partial charge in [-0.05, 0) is 42.4 Å². The van der Waals surface area contributed by atoms with Crippen molar-refractivity contribution in [3.05, 3.63) is 54.5 Å². The Hall–Kier alpha value is -1.98. The van der Waals surface area contributed by atoms with Crippen molar-refractivity contribution >= 4 is 22.7 Å². The molecule has 0 radical (unpaired) electrons. The Morgan fingerprint density at radius 3 is 2.85 bits per heavy atom. The molecule has 0 amide bonds. The van der Waals surface area contributed by atoms with Gasteiger partial charge >= 0.3 is 0 Å². The Kier molecular flexibility index (Phi) is 3.90. The number of nitrogens with two attached hydrogens (primary N) is 1. The summed E-state index contributed by atoms with van der Waals surface area (Å²) >= 11 is 1.53. The quantitative estimate of drug-likeness (QED) is 0.797. The number of rotatable bonds is 4. The second-order valence-corrected chi connectivity index (χ2v) is 5.34. The topological polar surface area (TPSA) is 64.7 Å². The zero-order chi connectivity index (χ0) is 13.8. The summed E-state index contributed by atoms with van der Waals surface area (Å²) < 4.78 is 0. The highest BCUT2D eigenvalue weighted by atomic mass is 32.2. The van der Waals surface area contributed by atoms with E-state index in [2.05, 4.69) is 22.1 Å². The molecule has 0 aliphatic carbocycles. The van der Waals surface area contributed by atoms with E-state index in [1.807, 2.05) is 18.2 Å². The summed E-state index contributed by atoms with van der Waals surface area (Å²) in [6, 6.07) is 10.3. The number of hydrogen-bond donors (Lipinski definition) is 1. The Morgan fingerprint density at radius 2 is 2.05 bits per heavy atom. The van der Waals surface area contributed by atoms with Crippen LogP contribution in [0.5, 0.6) is 0 Å². The molecule has 0 aliphatic rings. The van der Waals surface area contributed by atoms with Gasteiger partial charge in [-0.1, -0.05) is 18.2 Å². The van der Waals surface area contributed by atoms with Gasteiger partial charge in [0.1, 0.15) is 10.1 Å². The van der Waals surface area contributed by atoms with Gasteiger partial charge in [-0.15, -0.1) is 0 Å². The number of hydrogen-bond acceptors (Lipinski definition) is 5. The maximum Gasteiger partial charge on any atom is 0.121 e. The highest BCUT2D eigenvalue weighted by Crippen LogP contribution is 2.29.